The van der Waals surface area contributed by atoms with Crippen molar-refractivity contribution in [3.8, 4) is 22.3 Å². The predicted molar refractivity (Wildman–Crippen MR) is 167 cm³/mol. The van der Waals surface area contributed by atoms with E-state index in [2.05, 4.69) is 131 Å². The highest BCUT2D eigenvalue weighted by Crippen LogP contribution is 2.40. The third-order valence-electron chi connectivity index (χ3n) is 7.79. The Kier molecular flexibility index (Phi) is 7.20. The number of hydrogen-bond donors (Lipinski definition) is 1. The monoisotopic (exact) mass is 495 g/mol. The lowest BCUT2D eigenvalue weighted by molar-refractivity contribution is 1.07. The second kappa shape index (κ2) is 10.7. The topological polar surface area (TPSA) is 12.0 Å². The van der Waals surface area contributed by atoms with E-state index in [1.54, 1.807) is 0 Å². The van der Waals surface area contributed by atoms with Crippen LogP contribution in [0.1, 0.15) is 54.2 Å². The highest BCUT2D eigenvalue weighted by molar-refractivity contribution is 5.82. The zero-order chi connectivity index (χ0) is 26.8. The van der Waals surface area contributed by atoms with E-state index in [9.17, 15) is 0 Å². The van der Waals surface area contributed by atoms with E-state index in [0.717, 1.165) is 29.7 Å². The van der Waals surface area contributed by atoms with Gasteiger partial charge >= 0.3 is 0 Å². The quantitative estimate of drug-likeness (QED) is 0.222. The van der Waals surface area contributed by atoms with Crippen molar-refractivity contribution < 1.29 is 0 Å². The fourth-order valence-electron chi connectivity index (χ4n) is 5.74. The van der Waals surface area contributed by atoms with E-state index >= 15 is 0 Å². The van der Waals surface area contributed by atoms with Crippen LogP contribution in [0.25, 0.3) is 33.4 Å². The van der Waals surface area contributed by atoms with Gasteiger partial charge in [-0.3, -0.25) is 0 Å². The summed E-state index contributed by atoms with van der Waals surface area (Å²) in [5.41, 5.74) is 18.2. The summed E-state index contributed by atoms with van der Waals surface area (Å²) < 4.78 is 0. The van der Waals surface area contributed by atoms with E-state index < -0.39 is 0 Å². The molecule has 1 aliphatic carbocycles. The maximum atomic E-state index is 4.18. The van der Waals surface area contributed by atoms with Crippen LogP contribution >= 0.6 is 0 Å². The Hall–Kier alpha value is -4.10. The number of anilines is 1. The summed E-state index contributed by atoms with van der Waals surface area (Å²) in [6.07, 6.45) is 6.59. The molecule has 1 heteroatoms. The Morgan fingerprint density at radius 3 is 2.45 bits per heavy atom. The Morgan fingerprint density at radius 1 is 0.895 bits per heavy atom. The molecule has 0 amide bonds. The van der Waals surface area contributed by atoms with Crippen molar-refractivity contribution in [1.29, 1.82) is 0 Å². The normalized spacial score (nSPS) is 12.8. The van der Waals surface area contributed by atoms with Crippen LogP contribution in [0.4, 0.5) is 5.69 Å². The molecular weight excluding hydrogens is 458 g/mol. The van der Waals surface area contributed by atoms with Crippen LogP contribution in [0.3, 0.4) is 0 Å². The van der Waals surface area contributed by atoms with Crippen LogP contribution in [0.5, 0.6) is 0 Å². The molecule has 0 radical (unpaired) electrons. The molecular formula is C37H37N. The molecule has 5 rings (SSSR count). The van der Waals surface area contributed by atoms with E-state index in [-0.39, 0.29) is 0 Å². The first-order chi connectivity index (χ1) is 18.4. The second-order valence-corrected chi connectivity index (χ2v) is 10.5. The minimum atomic E-state index is 0.966. The maximum absolute atomic E-state index is 4.18. The molecule has 190 valence electrons. The molecule has 1 N–H and O–H groups in total. The lowest BCUT2D eigenvalue weighted by Gasteiger charge is -2.14. The summed E-state index contributed by atoms with van der Waals surface area (Å²) in [6.45, 7) is 12.9. The van der Waals surface area contributed by atoms with Crippen molar-refractivity contribution in [1.82, 2.24) is 0 Å². The first-order valence-electron chi connectivity index (χ1n) is 13.5. The van der Waals surface area contributed by atoms with Crippen molar-refractivity contribution in [2.75, 3.05) is 12.4 Å². The highest BCUT2D eigenvalue weighted by atomic mass is 14.8. The zero-order valence-corrected chi connectivity index (χ0v) is 23.3. The summed E-state index contributed by atoms with van der Waals surface area (Å²) in [5.74, 6) is 0. The van der Waals surface area contributed by atoms with Gasteiger partial charge in [-0.1, -0.05) is 85.0 Å². The Bertz CT molecular complexity index is 1600. The molecule has 4 aromatic carbocycles. The van der Waals surface area contributed by atoms with Gasteiger partial charge in [-0.2, -0.15) is 0 Å². The van der Waals surface area contributed by atoms with Crippen molar-refractivity contribution in [2.45, 2.75) is 40.5 Å². The Labute approximate surface area is 228 Å². The average Bonchev–Trinajstić information content (AvgIpc) is 3.32. The van der Waals surface area contributed by atoms with Gasteiger partial charge in [0.2, 0.25) is 0 Å². The average molecular weight is 496 g/mol. The van der Waals surface area contributed by atoms with Crippen molar-refractivity contribution >= 4 is 16.8 Å². The van der Waals surface area contributed by atoms with E-state index in [4.69, 9.17) is 0 Å². The van der Waals surface area contributed by atoms with Gasteiger partial charge in [0.25, 0.3) is 0 Å². The fourth-order valence-corrected chi connectivity index (χ4v) is 5.74. The molecule has 1 aliphatic rings. The Morgan fingerprint density at radius 2 is 1.68 bits per heavy atom. The summed E-state index contributed by atoms with van der Waals surface area (Å²) in [4.78, 5) is 0. The van der Waals surface area contributed by atoms with Crippen molar-refractivity contribution in [2.24, 2.45) is 0 Å². The molecule has 0 fully saturated rings. The molecule has 0 aliphatic heterocycles. The Balaban J connectivity index is 1.44. The molecule has 0 aromatic heterocycles. The summed E-state index contributed by atoms with van der Waals surface area (Å²) in [6, 6.07) is 28.9. The number of benzene rings is 4. The summed E-state index contributed by atoms with van der Waals surface area (Å²) >= 11 is 0. The van der Waals surface area contributed by atoms with Crippen LogP contribution < -0.4 is 5.32 Å². The van der Waals surface area contributed by atoms with Gasteiger partial charge in [0, 0.05) is 18.3 Å². The van der Waals surface area contributed by atoms with Gasteiger partial charge in [-0.25, -0.2) is 0 Å². The number of hydrogen-bond acceptors (Lipinski definition) is 1. The number of nitrogens with one attached hydrogen (secondary N) is 1. The molecule has 0 saturated carbocycles. The molecule has 0 bridgehead atoms. The maximum Gasteiger partial charge on any atom is 0.0414 e. The third-order valence-corrected chi connectivity index (χ3v) is 7.79. The first kappa shape index (κ1) is 25.5. The van der Waals surface area contributed by atoms with Crippen molar-refractivity contribution in [3.05, 3.63) is 137 Å². The predicted octanol–water partition coefficient (Wildman–Crippen LogP) is 9.90. The number of aryl methyl sites for hydroxylation is 1. The first-order valence-corrected chi connectivity index (χ1v) is 13.5. The van der Waals surface area contributed by atoms with Gasteiger partial charge in [0.05, 0.1) is 0 Å². The molecule has 38 heavy (non-hydrogen) atoms. The van der Waals surface area contributed by atoms with Crippen LogP contribution in [0.2, 0.25) is 0 Å². The van der Waals surface area contributed by atoms with E-state index in [1.807, 2.05) is 7.05 Å². The van der Waals surface area contributed by atoms with Crippen LogP contribution in [0, 0.1) is 6.92 Å². The molecule has 1 nitrogen and oxygen atoms in total. The van der Waals surface area contributed by atoms with Gasteiger partial charge in [0.15, 0.2) is 0 Å². The summed E-state index contributed by atoms with van der Waals surface area (Å²) in [5, 5.41) is 3.28. The zero-order valence-electron chi connectivity index (χ0n) is 23.3. The second-order valence-electron chi connectivity index (χ2n) is 10.5. The third kappa shape index (κ3) is 4.89. The fraction of sp³-hybridized carbons (Fsp3) is 0.189. The molecule has 0 heterocycles. The molecule has 0 unspecified atom stereocenters. The van der Waals surface area contributed by atoms with E-state index in [0.29, 0.717) is 0 Å². The number of allylic oxidation sites excluding steroid dienone is 5. The minimum absolute atomic E-state index is 0.966. The molecule has 0 saturated heterocycles. The van der Waals surface area contributed by atoms with Crippen LogP contribution in [-0.4, -0.2) is 7.05 Å². The summed E-state index contributed by atoms with van der Waals surface area (Å²) in [7, 11) is 1.96. The largest absolute Gasteiger partial charge is 0.388 e. The molecule has 0 spiro atoms. The van der Waals surface area contributed by atoms with Crippen LogP contribution in [-0.2, 0) is 12.8 Å². The molecule has 4 aromatic rings. The number of fused-ring (bicyclic) bond motifs is 3. The van der Waals surface area contributed by atoms with Gasteiger partial charge in [-0.15, -0.1) is 0 Å². The van der Waals surface area contributed by atoms with Gasteiger partial charge in [0.1, 0.15) is 0 Å². The molecule has 0 atom stereocenters. The van der Waals surface area contributed by atoms with Crippen molar-refractivity contribution in [3.63, 3.8) is 0 Å². The lowest BCUT2D eigenvalue weighted by Crippen LogP contribution is -1.98. The lowest BCUT2D eigenvalue weighted by atomic mass is 9.91. The van der Waals surface area contributed by atoms with Crippen LogP contribution in [0.15, 0.2) is 103 Å². The van der Waals surface area contributed by atoms with E-state index in [1.165, 1.54) is 61.2 Å². The highest BCUT2D eigenvalue weighted by Gasteiger charge is 2.21. The SMILES string of the molecule is C=C(C)c1cc(-c2cccc(C(/C=C(/C)Cc3c(C)ccc4c3Cc3ccccc3-4)=C/C)c2)ccc1NC. The standard InChI is InChI=1S/C37H37N/c1-7-27(28-12-10-13-29(21-28)30-16-18-37(38-6)34(22-30)24(2)3)19-25(4)20-35-26(5)15-17-33-32-14-9-8-11-31(32)23-36(33)35/h7-19,21-22,38H,2,20,23H2,1,3-6H3/b25-19-,27-7+. The smallest absolute Gasteiger partial charge is 0.0414 e. The minimum Gasteiger partial charge on any atom is -0.388 e. The van der Waals surface area contributed by atoms with Gasteiger partial charge < -0.3 is 5.32 Å². The number of rotatable bonds is 7. The van der Waals surface area contributed by atoms with Gasteiger partial charge in [-0.05, 0) is 120 Å².